The zero-order valence-electron chi connectivity index (χ0n) is 14.2. The van der Waals surface area contributed by atoms with E-state index in [0.717, 1.165) is 28.2 Å². The maximum absolute atomic E-state index is 12.5. The number of carbonyl (C=O) groups excluding carboxylic acids is 2. The van der Waals surface area contributed by atoms with Gasteiger partial charge in [-0.3, -0.25) is 9.59 Å². The minimum absolute atomic E-state index is 0.0963. The molecule has 0 spiro atoms. The Hall–Kier alpha value is -1.20. The number of nitrogens with one attached hydrogen (secondary N) is 1. The minimum Gasteiger partial charge on any atom is -0.343 e. The lowest BCUT2D eigenvalue weighted by molar-refractivity contribution is -0.132. The van der Waals surface area contributed by atoms with Gasteiger partial charge in [0.2, 0.25) is 5.91 Å². The molecule has 2 bridgehead atoms. The molecule has 1 aromatic rings. The number of piperidine rings is 1. The van der Waals surface area contributed by atoms with Crippen molar-refractivity contribution in [2.24, 2.45) is 0 Å². The van der Waals surface area contributed by atoms with Gasteiger partial charge in [-0.25, -0.2) is 0 Å². The molecular formula is C18H26N2O2S. The number of aryl methyl sites for hydroxylation is 2. The molecule has 2 aliphatic heterocycles. The van der Waals surface area contributed by atoms with Gasteiger partial charge in [0.15, 0.2) is 5.78 Å². The average molecular weight is 334 g/mol. The average Bonchev–Trinajstić information content (AvgIpc) is 3.04. The predicted octanol–water partition coefficient (Wildman–Crippen LogP) is 3.07. The fourth-order valence-electron chi connectivity index (χ4n) is 3.99. The highest BCUT2D eigenvalue weighted by molar-refractivity contribution is 7.12. The van der Waals surface area contributed by atoms with Crippen molar-refractivity contribution in [3.05, 3.63) is 21.4 Å². The Morgan fingerprint density at radius 1 is 1.22 bits per heavy atom. The Bertz CT molecular complexity index is 598. The van der Waals surface area contributed by atoms with Crippen LogP contribution in [0, 0.1) is 13.8 Å². The zero-order valence-corrected chi connectivity index (χ0v) is 15.0. The first-order valence-corrected chi connectivity index (χ1v) is 9.37. The van der Waals surface area contributed by atoms with Gasteiger partial charge >= 0.3 is 0 Å². The molecule has 0 saturated carbocycles. The van der Waals surface area contributed by atoms with Gasteiger partial charge in [-0.1, -0.05) is 0 Å². The lowest BCUT2D eigenvalue weighted by atomic mass is 9.98. The molecule has 126 valence electrons. The van der Waals surface area contributed by atoms with Gasteiger partial charge in [0.1, 0.15) is 0 Å². The molecule has 2 atom stereocenters. The third-order valence-electron chi connectivity index (χ3n) is 5.30. The second kappa shape index (κ2) is 6.73. The topological polar surface area (TPSA) is 49.4 Å². The van der Waals surface area contributed by atoms with E-state index >= 15 is 0 Å². The second-order valence-electron chi connectivity index (χ2n) is 7.02. The highest BCUT2D eigenvalue weighted by Gasteiger charge is 2.36. The van der Waals surface area contributed by atoms with Crippen molar-refractivity contribution >= 4 is 23.0 Å². The van der Waals surface area contributed by atoms with Crippen molar-refractivity contribution in [2.75, 3.05) is 7.05 Å². The van der Waals surface area contributed by atoms with Crippen LogP contribution in [0.2, 0.25) is 0 Å². The zero-order chi connectivity index (χ0) is 16.6. The van der Waals surface area contributed by atoms with Gasteiger partial charge < -0.3 is 10.2 Å². The van der Waals surface area contributed by atoms with Crippen LogP contribution in [0.25, 0.3) is 0 Å². The number of nitrogens with zero attached hydrogens (tertiary/aromatic N) is 1. The van der Waals surface area contributed by atoms with Crippen LogP contribution in [0.4, 0.5) is 0 Å². The van der Waals surface area contributed by atoms with E-state index in [1.54, 1.807) is 11.3 Å². The smallest absolute Gasteiger partial charge is 0.223 e. The number of hydrogen-bond acceptors (Lipinski definition) is 4. The van der Waals surface area contributed by atoms with Gasteiger partial charge in [-0.2, -0.15) is 0 Å². The third-order valence-corrected chi connectivity index (χ3v) is 6.26. The van der Waals surface area contributed by atoms with E-state index in [0.29, 0.717) is 31.0 Å². The summed E-state index contributed by atoms with van der Waals surface area (Å²) < 4.78 is 0. The SMILES string of the molecule is Cc1cc(C(=O)CCC(=O)N(C)C2CC3CCC(C2)N3)c(C)s1. The largest absolute Gasteiger partial charge is 0.343 e. The molecule has 3 rings (SSSR count). The monoisotopic (exact) mass is 334 g/mol. The fourth-order valence-corrected chi connectivity index (χ4v) is 4.93. The van der Waals surface area contributed by atoms with E-state index in [1.807, 2.05) is 31.9 Å². The number of fused-ring (bicyclic) bond motifs is 2. The molecule has 1 amide bonds. The summed E-state index contributed by atoms with van der Waals surface area (Å²) in [6.45, 7) is 3.99. The molecule has 4 nitrogen and oxygen atoms in total. The fraction of sp³-hybridized carbons (Fsp3) is 0.667. The Morgan fingerprint density at radius 3 is 2.43 bits per heavy atom. The molecule has 2 fully saturated rings. The highest BCUT2D eigenvalue weighted by Crippen LogP contribution is 2.29. The quantitative estimate of drug-likeness (QED) is 0.842. The van der Waals surface area contributed by atoms with Gasteiger partial charge in [-0.05, 0) is 45.6 Å². The van der Waals surface area contributed by atoms with E-state index in [4.69, 9.17) is 0 Å². The molecule has 2 aliphatic rings. The van der Waals surface area contributed by atoms with Crippen molar-refractivity contribution in [2.45, 2.75) is 70.5 Å². The molecule has 5 heteroatoms. The Kier molecular flexibility index (Phi) is 4.87. The molecule has 0 aromatic carbocycles. The van der Waals surface area contributed by atoms with Gasteiger partial charge in [-0.15, -0.1) is 11.3 Å². The lowest BCUT2D eigenvalue weighted by Gasteiger charge is -2.35. The summed E-state index contributed by atoms with van der Waals surface area (Å²) in [6.07, 6.45) is 5.21. The summed E-state index contributed by atoms with van der Waals surface area (Å²) in [4.78, 5) is 28.9. The summed E-state index contributed by atoms with van der Waals surface area (Å²) in [5.41, 5.74) is 0.794. The van der Waals surface area contributed by atoms with Gasteiger partial charge in [0.05, 0.1) is 0 Å². The van der Waals surface area contributed by atoms with Crippen molar-refractivity contribution in [1.82, 2.24) is 10.2 Å². The van der Waals surface area contributed by atoms with Crippen LogP contribution in [0.1, 0.15) is 58.6 Å². The summed E-state index contributed by atoms with van der Waals surface area (Å²) in [6, 6.07) is 3.43. The Morgan fingerprint density at radius 2 is 1.87 bits per heavy atom. The number of Topliss-reactive ketones (excluding diaryl/α,β-unsaturated/α-hetero) is 1. The standard InChI is InChI=1S/C18H26N2O2S/c1-11-8-16(12(2)23-11)17(21)6-7-18(22)20(3)15-9-13-4-5-14(10-15)19-13/h8,13-15,19H,4-7,9-10H2,1-3H3. The normalized spacial score (nSPS) is 26.3. The molecule has 1 N–H and O–H groups in total. The van der Waals surface area contributed by atoms with Gasteiger partial charge in [0, 0.05) is 53.3 Å². The van der Waals surface area contributed by atoms with Crippen LogP contribution in [0.5, 0.6) is 0 Å². The highest BCUT2D eigenvalue weighted by atomic mass is 32.1. The maximum Gasteiger partial charge on any atom is 0.223 e. The molecule has 0 radical (unpaired) electrons. The summed E-state index contributed by atoms with van der Waals surface area (Å²) in [7, 11) is 1.90. The van der Waals surface area contributed by atoms with E-state index in [1.165, 1.54) is 12.8 Å². The minimum atomic E-state index is 0.0963. The molecule has 2 unspecified atom stereocenters. The molecule has 0 aliphatic carbocycles. The number of thiophene rings is 1. The molecule has 3 heterocycles. The number of ketones is 1. The number of hydrogen-bond donors (Lipinski definition) is 1. The van der Waals surface area contributed by atoms with Crippen molar-refractivity contribution < 1.29 is 9.59 Å². The van der Waals surface area contributed by atoms with Crippen LogP contribution in [0.3, 0.4) is 0 Å². The van der Waals surface area contributed by atoms with Crippen LogP contribution >= 0.6 is 11.3 Å². The Balaban J connectivity index is 1.52. The maximum atomic E-state index is 12.5. The number of rotatable bonds is 5. The van der Waals surface area contributed by atoms with Crippen molar-refractivity contribution in [1.29, 1.82) is 0 Å². The predicted molar refractivity (Wildman–Crippen MR) is 93.1 cm³/mol. The van der Waals surface area contributed by atoms with E-state index in [9.17, 15) is 9.59 Å². The van der Waals surface area contributed by atoms with E-state index in [2.05, 4.69) is 5.32 Å². The molecule has 2 saturated heterocycles. The third kappa shape index (κ3) is 3.66. The molecule has 23 heavy (non-hydrogen) atoms. The number of carbonyl (C=O) groups is 2. The summed E-state index contributed by atoms with van der Waals surface area (Å²) >= 11 is 1.65. The Labute approximate surface area is 142 Å². The van der Waals surface area contributed by atoms with Crippen LogP contribution in [-0.4, -0.2) is 41.8 Å². The first-order valence-electron chi connectivity index (χ1n) is 8.56. The first kappa shape index (κ1) is 16.7. The van der Waals surface area contributed by atoms with Crippen molar-refractivity contribution in [3.63, 3.8) is 0 Å². The summed E-state index contributed by atoms with van der Waals surface area (Å²) in [5.74, 6) is 0.202. The summed E-state index contributed by atoms with van der Waals surface area (Å²) in [5, 5.41) is 3.60. The van der Waals surface area contributed by atoms with Crippen LogP contribution in [-0.2, 0) is 4.79 Å². The molecular weight excluding hydrogens is 308 g/mol. The van der Waals surface area contributed by atoms with Gasteiger partial charge in [0.25, 0.3) is 0 Å². The van der Waals surface area contributed by atoms with E-state index < -0.39 is 0 Å². The lowest BCUT2D eigenvalue weighted by Crippen LogP contribution is -2.48. The van der Waals surface area contributed by atoms with Crippen molar-refractivity contribution in [3.8, 4) is 0 Å². The van der Waals surface area contributed by atoms with Crippen LogP contribution in [0.15, 0.2) is 6.07 Å². The molecule has 1 aromatic heterocycles. The first-order chi connectivity index (χ1) is 10.9. The second-order valence-corrected chi connectivity index (χ2v) is 8.48. The van der Waals surface area contributed by atoms with Crippen LogP contribution < -0.4 is 5.32 Å². The number of amides is 1. The van der Waals surface area contributed by atoms with E-state index in [-0.39, 0.29) is 11.7 Å².